The minimum absolute atomic E-state index is 0.525. The molecule has 2 N–H and O–H groups in total. The van der Waals surface area contributed by atoms with Crippen LogP contribution in [0.2, 0.25) is 0 Å². The number of nitrogens with zero attached hydrogens (tertiary/aromatic N) is 1. The number of ether oxygens (including phenoxy) is 2. The summed E-state index contributed by atoms with van der Waals surface area (Å²) in [5.74, 6) is 2.23. The van der Waals surface area contributed by atoms with Crippen LogP contribution in [0.5, 0.6) is 5.75 Å². The summed E-state index contributed by atoms with van der Waals surface area (Å²) in [5, 5.41) is 6.55. The number of guanidine groups is 1. The summed E-state index contributed by atoms with van der Waals surface area (Å²) >= 11 is 0. The van der Waals surface area contributed by atoms with E-state index in [9.17, 15) is 0 Å². The fourth-order valence-corrected chi connectivity index (χ4v) is 1.84. The third-order valence-electron chi connectivity index (χ3n) is 2.98. The molecule has 0 amide bonds. The molecular formula is C17H29N3O2. The van der Waals surface area contributed by atoms with E-state index >= 15 is 0 Å². The van der Waals surface area contributed by atoms with Gasteiger partial charge in [-0.3, -0.25) is 4.99 Å². The van der Waals surface area contributed by atoms with Crippen LogP contribution in [0.25, 0.3) is 0 Å². The number of nitrogens with one attached hydrogen (secondary N) is 2. The van der Waals surface area contributed by atoms with Gasteiger partial charge in [0, 0.05) is 33.9 Å². The molecular weight excluding hydrogens is 278 g/mol. The normalized spacial score (nSPS) is 11.6. The Labute approximate surface area is 134 Å². The minimum Gasteiger partial charge on any atom is -0.493 e. The highest BCUT2D eigenvalue weighted by molar-refractivity contribution is 5.79. The fourth-order valence-electron chi connectivity index (χ4n) is 1.84. The van der Waals surface area contributed by atoms with E-state index in [4.69, 9.17) is 9.47 Å². The van der Waals surface area contributed by atoms with Gasteiger partial charge in [0.2, 0.25) is 0 Å². The maximum Gasteiger partial charge on any atom is 0.191 e. The highest BCUT2D eigenvalue weighted by atomic mass is 16.5. The first kappa shape index (κ1) is 18.3. The van der Waals surface area contributed by atoms with Gasteiger partial charge in [0.15, 0.2) is 5.96 Å². The van der Waals surface area contributed by atoms with Gasteiger partial charge in [-0.15, -0.1) is 0 Å². The Hall–Kier alpha value is -1.75. The molecule has 0 aliphatic heterocycles. The van der Waals surface area contributed by atoms with Crippen molar-refractivity contribution in [3.05, 3.63) is 29.8 Å². The molecule has 0 atom stereocenters. The van der Waals surface area contributed by atoms with Gasteiger partial charge in [-0.2, -0.15) is 0 Å². The highest BCUT2D eigenvalue weighted by Crippen LogP contribution is 2.14. The van der Waals surface area contributed by atoms with Crippen molar-refractivity contribution < 1.29 is 9.47 Å². The number of aliphatic imine (C=N–C) groups is 1. The Balaban J connectivity index is 2.40. The molecule has 0 aromatic heterocycles. The third-order valence-corrected chi connectivity index (χ3v) is 2.98. The van der Waals surface area contributed by atoms with Crippen molar-refractivity contribution in [2.45, 2.75) is 26.8 Å². The lowest BCUT2D eigenvalue weighted by atomic mass is 10.2. The van der Waals surface area contributed by atoms with Gasteiger partial charge < -0.3 is 20.1 Å². The lowest BCUT2D eigenvalue weighted by Gasteiger charge is -2.13. The second-order valence-corrected chi connectivity index (χ2v) is 5.55. The third kappa shape index (κ3) is 7.88. The molecule has 1 rings (SSSR count). The number of hydrogen-bond donors (Lipinski definition) is 2. The van der Waals surface area contributed by atoms with Crippen LogP contribution in [0, 0.1) is 5.92 Å². The van der Waals surface area contributed by atoms with Gasteiger partial charge in [-0.25, -0.2) is 0 Å². The summed E-state index contributed by atoms with van der Waals surface area (Å²) in [6, 6.07) is 8.15. The number of hydrogen-bond acceptors (Lipinski definition) is 3. The molecule has 0 spiro atoms. The molecule has 1 aromatic carbocycles. The van der Waals surface area contributed by atoms with E-state index in [0.717, 1.165) is 37.9 Å². The molecule has 1 aromatic rings. The maximum atomic E-state index is 5.75. The fraction of sp³-hybridized carbons (Fsp3) is 0.588. The van der Waals surface area contributed by atoms with E-state index < -0.39 is 0 Å². The Morgan fingerprint density at radius 1 is 1.27 bits per heavy atom. The summed E-state index contributed by atoms with van der Waals surface area (Å²) in [6.07, 6.45) is 0.954. The van der Waals surface area contributed by atoms with Gasteiger partial charge in [0.25, 0.3) is 0 Å². The Morgan fingerprint density at radius 2 is 2.09 bits per heavy atom. The second kappa shape index (κ2) is 10.9. The van der Waals surface area contributed by atoms with Crippen LogP contribution < -0.4 is 15.4 Å². The predicted molar refractivity (Wildman–Crippen MR) is 91.5 cm³/mol. The van der Waals surface area contributed by atoms with Crippen LogP contribution in [0.4, 0.5) is 0 Å². The van der Waals surface area contributed by atoms with Crippen LogP contribution in [-0.2, 0) is 11.3 Å². The molecule has 0 unspecified atom stereocenters. The van der Waals surface area contributed by atoms with Crippen LogP contribution in [-0.4, -0.2) is 39.9 Å². The lowest BCUT2D eigenvalue weighted by Crippen LogP contribution is -2.37. The standard InChI is InChI=1S/C17H29N3O2/c1-14(2)13-22-16-8-5-7-15(11-16)12-20-17(18-3)19-9-6-10-21-4/h5,7-8,11,14H,6,9-10,12-13H2,1-4H3,(H2,18,19,20). The van der Waals surface area contributed by atoms with Crippen molar-refractivity contribution in [2.75, 3.05) is 33.9 Å². The monoisotopic (exact) mass is 307 g/mol. The SMILES string of the molecule is CN=C(NCCCOC)NCc1cccc(OCC(C)C)c1. The van der Waals surface area contributed by atoms with E-state index in [1.54, 1.807) is 14.2 Å². The molecule has 124 valence electrons. The molecule has 0 radical (unpaired) electrons. The molecule has 0 bridgehead atoms. The zero-order valence-corrected chi connectivity index (χ0v) is 14.2. The number of rotatable bonds is 9. The first-order chi connectivity index (χ1) is 10.7. The Kier molecular flexibility index (Phi) is 9.07. The van der Waals surface area contributed by atoms with Crippen molar-refractivity contribution in [1.29, 1.82) is 0 Å². The van der Waals surface area contributed by atoms with E-state index in [0.29, 0.717) is 12.5 Å². The second-order valence-electron chi connectivity index (χ2n) is 5.55. The molecule has 5 nitrogen and oxygen atoms in total. The average molecular weight is 307 g/mol. The lowest BCUT2D eigenvalue weighted by molar-refractivity contribution is 0.195. The average Bonchev–Trinajstić information content (AvgIpc) is 2.52. The van der Waals surface area contributed by atoms with E-state index in [1.165, 1.54) is 5.56 Å². The van der Waals surface area contributed by atoms with Crippen molar-refractivity contribution in [3.63, 3.8) is 0 Å². The zero-order valence-electron chi connectivity index (χ0n) is 14.2. The molecule has 5 heteroatoms. The Bertz CT molecular complexity index is 447. The molecule has 22 heavy (non-hydrogen) atoms. The van der Waals surface area contributed by atoms with Crippen molar-refractivity contribution in [3.8, 4) is 5.75 Å². The quantitative estimate of drug-likeness (QED) is 0.418. The smallest absolute Gasteiger partial charge is 0.191 e. The topological polar surface area (TPSA) is 54.9 Å². The van der Waals surface area contributed by atoms with Crippen LogP contribution >= 0.6 is 0 Å². The first-order valence-electron chi connectivity index (χ1n) is 7.81. The largest absolute Gasteiger partial charge is 0.493 e. The van der Waals surface area contributed by atoms with Gasteiger partial charge >= 0.3 is 0 Å². The van der Waals surface area contributed by atoms with E-state index in [-0.39, 0.29) is 0 Å². The van der Waals surface area contributed by atoms with Gasteiger partial charge in [0.1, 0.15) is 5.75 Å². The van der Waals surface area contributed by atoms with Crippen molar-refractivity contribution in [2.24, 2.45) is 10.9 Å². The summed E-state index contributed by atoms with van der Waals surface area (Å²) in [7, 11) is 3.48. The first-order valence-corrected chi connectivity index (χ1v) is 7.81. The predicted octanol–water partition coefficient (Wildman–Crippen LogP) is 2.42. The summed E-state index contributed by atoms with van der Waals surface area (Å²) in [4.78, 5) is 4.21. The molecule has 0 heterocycles. The highest BCUT2D eigenvalue weighted by Gasteiger charge is 2.01. The van der Waals surface area contributed by atoms with Gasteiger partial charge in [-0.05, 0) is 30.0 Å². The maximum absolute atomic E-state index is 5.75. The van der Waals surface area contributed by atoms with Gasteiger partial charge in [0.05, 0.1) is 6.61 Å². The summed E-state index contributed by atoms with van der Waals surface area (Å²) < 4.78 is 10.8. The van der Waals surface area contributed by atoms with Crippen molar-refractivity contribution >= 4 is 5.96 Å². The van der Waals surface area contributed by atoms with E-state index in [2.05, 4.69) is 41.6 Å². The van der Waals surface area contributed by atoms with E-state index in [1.807, 2.05) is 12.1 Å². The molecule has 0 aliphatic rings. The number of benzene rings is 1. The molecule has 0 saturated heterocycles. The van der Waals surface area contributed by atoms with Crippen LogP contribution in [0.15, 0.2) is 29.3 Å². The van der Waals surface area contributed by atoms with Crippen molar-refractivity contribution in [1.82, 2.24) is 10.6 Å². The zero-order chi connectivity index (χ0) is 16.2. The van der Waals surface area contributed by atoms with Gasteiger partial charge in [-0.1, -0.05) is 26.0 Å². The molecule has 0 aliphatic carbocycles. The summed E-state index contributed by atoms with van der Waals surface area (Å²) in [6.45, 7) is 7.32. The molecule has 0 saturated carbocycles. The number of methoxy groups -OCH3 is 1. The summed E-state index contributed by atoms with van der Waals surface area (Å²) in [5.41, 5.74) is 1.17. The van der Waals surface area contributed by atoms with Crippen LogP contribution in [0.1, 0.15) is 25.8 Å². The minimum atomic E-state index is 0.525. The van der Waals surface area contributed by atoms with Crippen LogP contribution in [0.3, 0.4) is 0 Å². The Morgan fingerprint density at radius 3 is 2.77 bits per heavy atom. The molecule has 0 fully saturated rings.